The Labute approximate surface area is 144 Å². The van der Waals surface area contributed by atoms with E-state index in [2.05, 4.69) is 16.6 Å². The Morgan fingerprint density at radius 2 is 1.96 bits per heavy atom. The minimum Gasteiger partial charge on any atom is -0.465 e. The van der Waals surface area contributed by atoms with Gasteiger partial charge in [0.05, 0.1) is 24.0 Å². The Kier molecular flexibility index (Phi) is 5.30. The Morgan fingerprint density at radius 1 is 1.26 bits per heavy atom. The molecule has 0 aliphatic carbocycles. The van der Waals surface area contributed by atoms with Gasteiger partial charge in [-0.15, -0.1) is 0 Å². The summed E-state index contributed by atoms with van der Waals surface area (Å²) in [6.45, 7) is 3.36. The van der Waals surface area contributed by atoms with E-state index in [1.807, 2.05) is 22.6 Å². The van der Waals surface area contributed by atoms with Crippen LogP contribution in [-0.2, 0) is 4.74 Å². The maximum Gasteiger partial charge on any atom is 0.340 e. The number of benzene rings is 2. The zero-order valence-electron chi connectivity index (χ0n) is 11.9. The third kappa shape index (κ3) is 3.49. The average Bonchev–Trinajstić information content (AvgIpc) is 2.53. The lowest BCUT2D eigenvalue weighted by Gasteiger charge is -2.14. The van der Waals surface area contributed by atoms with Crippen LogP contribution >= 0.6 is 22.6 Å². The van der Waals surface area contributed by atoms with Crippen LogP contribution in [0.15, 0.2) is 30.8 Å². The quantitative estimate of drug-likeness (QED) is 0.552. The van der Waals surface area contributed by atoms with Crippen molar-refractivity contribution in [2.24, 2.45) is 0 Å². The Balaban J connectivity index is 2.62. The van der Waals surface area contributed by atoms with Gasteiger partial charge < -0.3 is 10.1 Å². The zero-order valence-corrected chi connectivity index (χ0v) is 14.1. The van der Waals surface area contributed by atoms with Crippen LogP contribution in [-0.4, -0.2) is 13.1 Å². The third-order valence-corrected chi connectivity index (χ3v) is 3.72. The van der Waals surface area contributed by atoms with Crippen LogP contribution in [0.4, 0.5) is 24.5 Å². The number of nitrogens with one attached hydrogen (secondary N) is 1. The molecule has 23 heavy (non-hydrogen) atoms. The summed E-state index contributed by atoms with van der Waals surface area (Å²) in [5.41, 5.74) is -1.06. The van der Waals surface area contributed by atoms with E-state index in [1.165, 1.54) is 12.1 Å². The molecule has 0 heterocycles. The van der Waals surface area contributed by atoms with Gasteiger partial charge in [-0.25, -0.2) is 18.0 Å². The van der Waals surface area contributed by atoms with Crippen LogP contribution in [0.5, 0.6) is 0 Å². The van der Waals surface area contributed by atoms with Crippen molar-refractivity contribution >= 4 is 46.0 Å². The molecule has 0 aliphatic rings. The van der Waals surface area contributed by atoms with E-state index in [9.17, 15) is 18.0 Å². The molecule has 0 bridgehead atoms. The first-order chi connectivity index (χ1) is 10.9. The van der Waals surface area contributed by atoms with E-state index in [0.29, 0.717) is 3.57 Å². The maximum absolute atomic E-state index is 14.3. The van der Waals surface area contributed by atoms with Gasteiger partial charge in [-0.1, -0.05) is 12.7 Å². The fourth-order valence-corrected chi connectivity index (χ4v) is 2.37. The molecule has 0 radical (unpaired) electrons. The number of carbonyl (C=O) groups is 1. The molecule has 0 aliphatic heterocycles. The first-order valence-electron chi connectivity index (χ1n) is 6.33. The van der Waals surface area contributed by atoms with Crippen LogP contribution in [0.25, 0.3) is 6.08 Å². The molecule has 0 saturated carbocycles. The third-order valence-electron chi connectivity index (χ3n) is 3.05. The fourth-order valence-electron chi connectivity index (χ4n) is 1.91. The highest BCUT2D eigenvalue weighted by molar-refractivity contribution is 14.1. The first kappa shape index (κ1) is 17.3. The molecular formula is C16H11F3INO2. The standard InChI is InChI=1S/C16H11F3INO2/c1-3-8-6-10(16(22)23-2)15(14(19)13(8)18)21-12-5-4-9(20)7-11(12)17/h3-7,21H,1H2,2H3. The highest BCUT2D eigenvalue weighted by atomic mass is 127. The van der Waals surface area contributed by atoms with Gasteiger partial charge in [0.2, 0.25) is 0 Å². The largest absolute Gasteiger partial charge is 0.465 e. The monoisotopic (exact) mass is 433 g/mol. The van der Waals surface area contributed by atoms with E-state index >= 15 is 0 Å². The molecule has 0 unspecified atom stereocenters. The summed E-state index contributed by atoms with van der Waals surface area (Å²) >= 11 is 1.91. The van der Waals surface area contributed by atoms with E-state index in [4.69, 9.17) is 0 Å². The lowest BCUT2D eigenvalue weighted by Crippen LogP contribution is -2.10. The van der Waals surface area contributed by atoms with Crippen LogP contribution in [0.2, 0.25) is 0 Å². The van der Waals surface area contributed by atoms with Crippen molar-refractivity contribution in [3.05, 3.63) is 63.0 Å². The van der Waals surface area contributed by atoms with Crippen molar-refractivity contribution in [1.29, 1.82) is 0 Å². The molecule has 0 fully saturated rings. The second-order valence-electron chi connectivity index (χ2n) is 4.46. The topological polar surface area (TPSA) is 38.3 Å². The summed E-state index contributed by atoms with van der Waals surface area (Å²) in [5, 5.41) is 2.42. The highest BCUT2D eigenvalue weighted by Gasteiger charge is 2.23. The summed E-state index contributed by atoms with van der Waals surface area (Å²) < 4.78 is 47.3. The molecule has 120 valence electrons. The number of anilines is 2. The molecule has 0 aromatic heterocycles. The lowest BCUT2D eigenvalue weighted by atomic mass is 10.1. The lowest BCUT2D eigenvalue weighted by molar-refractivity contribution is 0.0601. The van der Waals surface area contributed by atoms with E-state index in [1.54, 1.807) is 6.07 Å². The summed E-state index contributed by atoms with van der Waals surface area (Å²) in [5.74, 6) is -4.07. The molecule has 2 aromatic carbocycles. The van der Waals surface area contributed by atoms with E-state index in [0.717, 1.165) is 19.3 Å². The molecular weight excluding hydrogens is 422 g/mol. The van der Waals surface area contributed by atoms with Gasteiger partial charge in [-0.2, -0.15) is 0 Å². The van der Waals surface area contributed by atoms with Crippen LogP contribution < -0.4 is 5.32 Å². The molecule has 7 heteroatoms. The minimum absolute atomic E-state index is 0.0970. The number of methoxy groups -OCH3 is 1. The summed E-state index contributed by atoms with van der Waals surface area (Å²) in [6, 6.07) is 5.24. The van der Waals surface area contributed by atoms with Gasteiger partial charge in [0.25, 0.3) is 0 Å². The van der Waals surface area contributed by atoms with E-state index in [-0.39, 0.29) is 16.8 Å². The van der Waals surface area contributed by atoms with E-state index < -0.39 is 29.1 Å². The Hall–Kier alpha value is -2.03. The summed E-state index contributed by atoms with van der Waals surface area (Å²) in [4.78, 5) is 11.8. The van der Waals surface area contributed by atoms with Gasteiger partial charge in [-0.3, -0.25) is 0 Å². The van der Waals surface area contributed by atoms with Crippen molar-refractivity contribution in [1.82, 2.24) is 0 Å². The minimum atomic E-state index is -1.32. The summed E-state index contributed by atoms with van der Waals surface area (Å²) in [7, 11) is 1.10. The van der Waals surface area contributed by atoms with Crippen LogP contribution in [0, 0.1) is 21.0 Å². The second-order valence-corrected chi connectivity index (χ2v) is 5.71. The van der Waals surface area contributed by atoms with Gasteiger partial charge in [0.1, 0.15) is 5.82 Å². The van der Waals surface area contributed by atoms with Gasteiger partial charge >= 0.3 is 5.97 Å². The molecule has 2 aromatic rings. The number of halogens is 4. The normalized spacial score (nSPS) is 10.3. The SMILES string of the molecule is C=Cc1cc(C(=O)OC)c(Nc2ccc(I)cc2F)c(F)c1F. The fraction of sp³-hybridized carbons (Fsp3) is 0.0625. The molecule has 2 rings (SSSR count). The van der Waals surface area contributed by atoms with Crippen molar-refractivity contribution in [2.75, 3.05) is 12.4 Å². The predicted octanol–water partition coefficient (Wildman–Crippen LogP) is 4.88. The molecule has 0 amide bonds. The molecule has 0 saturated heterocycles. The number of hydrogen-bond donors (Lipinski definition) is 1. The Bertz CT molecular complexity index is 793. The smallest absolute Gasteiger partial charge is 0.340 e. The number of hydrogen-bond acceptors (Lipinski definition) is 3. The maximum atomic E-state index is 14.3. The van der Waals surface area contributed by atoms with Crippen LogP contribution in [0.1, 0.15) is 15.9 Å². The van der Waals surface area contributed by atoms with Crippen LogP contribution in [0.3, 0.4) is 0 Å². The number of carbonyl (C=O) groups excluding carboxylic acids is 1. The summed E-state index contributed by atoms with van der Waals surface area (Å²) in [6.07, 6.45) is 1.07. The molecule has 0 atom stereocenters. The van der Waals surface area contributed by atoms with Gasteiger partial charge in [0.15, 0.2) is 11.6 Å². The molecule has 3 nitrogen and oxygen atoms in total. The predicted molar refractivity (Wildman–Crippen MR) is 90.2 cm³/mol. The van der Waals surface area contributed by atoms with Crippen molar-refractivity contribution < 1.29 is 22.7 Å². The molecule has 0 spiro atoms. The number of rotatable bonds is 4. The van der Waals surface area contributed by atoms with Gasteiger partial charge in [0, 0.05) is 9.13 Å². The average molecular weight is 433 g/mol. The first-order valence-corrected chi connectivity index (χ1v) is 7.41. The zero-order chi connectivity index (χ0) is 17.1. The van der Waals surface area contributed by atoms with Crippen molar-refractivity contribution in [3.8, 4) is 0 Å². The van der Waals surface area contributed by atoms with Gasteiger partial charge in [-0.05, 0) is 46.9 Å². The second kappa shape index (κ2) is 7.03. The molecule has 1 N–H and O–H groups in total. The van der Waals surface area contributed by atoms with Crippen molar-refractivity contribution in [2.45, 2.75) is 0 Å². The number of esters is 1. The number of ether oxygens (including phenoxy) is 1. The Morgan fingerprint density at radius 3 is 2.52 bits per heavy atom. The van der Waals surface area contributed by atoms with Crippen molar-refractivity contribution in [3.63, 3.8) is 0 Å². The highest BCUT2D eigenvalue weighted by Crippen LogP contribution is 2.31.